The lowest BCUT2D eigenvalue weighted by Gasteiger charge is -2.39. The average Bonchev–Trinajstić information content (AvgIpc) is 2.68. The molecule has 0 N–H and O–H groups in total. The Labute approximate surface area is 159 Å². The molecule has 1 saturated heterocycles. The summed E-state index contributed by atoms with van der Waals surface area (Å²) in [6.07, 6.45) is 0. The highest BCUT2D eigenvalue weighted by Gasteiger charge is 2.23. The molecule has 6 heteroatoms. The highest BCUT2D eigenvalue weighted by atomic mass is 35.5. The Morgan fingerprint density at radius 3 is 2.27 bits per heavy atom. The van der Waals surface area contributed by atoms with E-state index in [0.29, 0.717) is 10.8 Å². The average molecular weight is 379 g/mol. The van der Waals surface area contributed by atoms with Gasteiger partial charge in [-0.05, 0) is 36.8 Å². The molecule has 0 amide bonds. The van der Waals surface area contributed by atoms with Crippen molar-refractivity contribution in [3.05, 3.63) is 52.8 Å². The zero-order valence-electron chi connectivity index (χ0n) is 15.3. The number of nitrogens with zero attached hydrogens (tertiary/aromatic N) is 2. The molecule has 3 rings (SSSR count). The van der Waals surface area contributed by atoms with Gasteiger partial charge in [0.1, 0.15) is 5.75 Å². The molecule has 2 aromatic rings. The van der Waals surface area contributed by atoms with Crippen molar-refractivity contribution in [3.63, 3.8) is 0 Å². The normalized spacial score (nSPS) is 16.4. The van der Waals surface area contributed by atoms with Crippen molar-refractivity contribution in [1.82, 2.24) is 4.90 Å². The van der Waals surface area contributed by atoms with Crippen molar-refractivity contribution < 1.29 is 13.9 Å². The Balaban J connectivity index is 1.65. The van der Waals surface area contributed by atoms with Gasteiger partial charge in [-0.15, -0.1) is 0 Å². The van der Waals surface area contributed by atoms with Crippen LogP contribution in [0.2, 0.25) is 5.02 Å². The molecule has 1 fully saturated rings. The third-order valence-corrected chi connectivity index (χ3v) is 5.33. The smallest absolute Gasteiger partial charge is 0.165 e. The van der Waals surface area contributed by atoms with Crippen LogP contribution in [0, 0.1) is 5.82 Å². The second-order valence-electron chi connectivity index (χ2n) is 6.41. The number of halogens is 2. The second-order valence-corrected chi connectivity index (χ2v) is 6.82. The van der Waals surface area contributed by atoms with Crippen LogP contribution in [-0.2, 0) is 0 Å². The first kappa shape index (κ1) is 18.8. The van der Waals surface area contributed by atoms with Crippen LogP contribution in [-0.4, -0.2) is 45.3 Å². The molecule has 0 saturated carbocycles. The van der Waals surface area contributed by atoms with E-state index in [1.165, 1.54) is 7.11 Å². The summed E-state index contributed by atoms with van der Waals surface area (Å²) in [5.41, 5.74) is 2.07. The lowest BCUT2D eigenvalue weighted by Crippen LogP contribution is -2.47. The highest BCUT2D eigenvalue weighted by Crippen LogP contribution is 2.31. The van der Waals surface area contributed by atoms with Gasteiger partial charge in [0.15, 0.2) is 11.6 Å². The Hall–Kier alpha value is -1.98. The van der Waals surface area contributed by atoms with Crippen LogP contribution in [0.3, 0.4) is 0 Å². The van der Waals surface area contributed by atoms with E-state index >= 15 is 0 Å². The van der Waals surface area contributed by atoms with E-state index in [2.05, 4.69) is 16.7 Å². The lowest BCUT2D eigenvalue weighted by atomic mass is 10.1. The zero-order chi connectivity index (χ0) is 18.7. The van der Waals surface area contributed by atoms with Gasteiger partial charge in [0, 0.05) is 44.0 Å². The minimum atomic E-state index is -0.316. The molecular formula is C20H24ClFN2O2. The number of ether oxygens (including phenoxy) is 2. The number of methoxy groups -OCH3 is 2. The van der Waals surface area contributed by atoms with E-state index in [0.717, 1.165) is 37.4 Å². The fraction of sp³-hybridized carbons (Fsp3) is 0.400. The third kappa shape index (κ3) is 3.89. The van der Waals surface area contributed by atoms with Crippen molar-refractivity contribution in [1.29, 1.82) is 0 Å². The Bertz CT molecular complexity index is 763. The minimum absolute atomic E-state index is 0.150. The maximum absolute atomic E-state index is 14.0. The molecule has 1 aliphatic heterocycles. The number of rotatable bonds is 5. The standard InChI is InChI=1S/C20H24ClFN2O2/c1-14(15-4-7-19(25-2)18(22)12-15)23-8-10-24(11-9-23)16-5-6-17(21)20(13-16)26-3/h4-7,12-14H,8-11H2,1-3H3. The summed E-state index contributed by atoms with van der Waals surface area (Å²) >= 11 is 6.11. The number of hydrogen-bond donors (Lipinski definition) is 0. The predicted octanol–water partition coefficient (Wildman–Crippen LogP) is 4.38. The molecule has 0 aliphatic carbocycles. The van der Waals surface area contributed by atoms with Gasteiger partial charge >= 0.3 is 0 Å². The molecule has 0 radical (unpaired) electrons. The largest absolute Gasteiger partial charge is 0.495 e. The monoisotopic (exact) mass is 378 g/mol. The van der Waals surface area contributed by atoms with Gasteiger partial charge in [0.05, 0.1) is 19.2 Å². The number of benzene rings is 2. The molecule has 4 nitrogen and oxygen atoms in total. The van der Waals surface area contributed by atoms with Crippen molar-refractivity contribution in [2.75, 3.05) is 45.3 Å². The molecule has 140 valence electrons. The number of anilines is 1. The topological polar surface area (TPSA) is 24.9 Å². The van der Waals surface area contributed by atoms with Gasteiger partial charge in [-0.2, -0.15) is 0 Å². The molecule has 2 aromatic carbocycles. The van der Waals surface area contributed by atoms with E-state index < -0.39 is 0 Å². The van der Waals surface area contributed by atoms with Gasteiger partial charge in [-0.3, -0.25) is 4.90 Å². The molecule has 1 heterocycles. The first-order valence-electron chi connectivity index (χ1n) is 8.69. The first-order chi connectivity index (χ1) is 12.5. The van der Waals surface area contributed by atoms with Crippen LogP contribution >= 0.6 is 11.6 Å². The second kappa shape index (κ2) is 8.14. The summed E-state index contributed by atoms with van der Waals surface area (Å²) in [5, 5.41) is 0.616. The summed E-state index contributed by atoms with van der Waals surface area (Å²) in [6, 6.07) is 11.2. The molecule has 0 aromatic heterocycles. The van der Waals surface area contributed by atoms with Crippen molar-refractivity contribution in [3.8, 4) is 11.5 Å². The lowest BCUT2D eigenvalue weighted by molar-refractivity contribution is 0.198. The van der Waals surface area contributed by atoms with Gasteiger partial charge in [0.2, 0.25) is 0 Å². The van der Waals surface area contributed by atoms with Gasteiger partial charge in [-0.1, -0.05) is 17.7 Å². The third-order valence-electron chi connectivity index (χ3n) is 5.02. The van der Waals surface area contributed by atoms with E-state index in [1.807, 2.05) is 24.3 Å². The van der Waals surface area contributed by atoms with Crippen LogP contribution in [0.4, 0.5) is 10.1 Å². The Kier molecular flexibility index (Phi) is 5.89. The molecule has 1 atom stereocenters. The quantitative estimate of drug-likeness (QED) is 0.770. The predicted molar refractivity (Wildman–Crippen MR) is 103 cm³/mol. The van der Waals surface area contributed by atoms with E-state index in [1.54, 1.807) is 19.2 Å². The number of piperazine rings is 1. The summed E-state index contributed by atoms with van der Waals surface area (Å²) in [6.45, 7) is 5.71. The SMILES string of the molecule is COc1ccc(C(C)N2CCN(c3ccc(Cl)c(OC)c3)CC2)cc1F. The molecule has 0 bridgehead atoms. The van der Waals surface area contributed by atoms with E-state index in [-0.39, 0.29) is 17.6 Å². The molecule has 26 heavy (non-hydrogen) atoms. The Morgan fingerprint density at radius 2 is 1.65 bits per heavy atom. The van der Waals surface area contributed by atoms with Crippen molar-refractivity contribution >= 4 is 17.3 Å². The van der Waals surface area contributed by atoms with Crippen LogP contribution in [0.25, 0.3) is 0 Å². The van der Waals surface area contributed by atoms with Crippen molar-refractivity contribution in [2.45, 2.75) is 13.0 Å². The molecule has 0 spiro atoms. The summed E-state index contributed by atoms with van der Waals surface area (Å²) < 4.78 is 24.3. The molecular weight excluding hydrogens is 355 g/mol. The summed E-state index contributed by atoms with van der Waals surface area (Å²) in [7, 11) is 3.10. The summed E-state index contributed by atoms with van der Waals surface area (Å²) in [4.78, 5) is 4.68. The van der Waals surface area contributed by atoms with Crippen LogP contribution in [0.15, 0.2) is 36.4 Å². The fourth-order valence-electron chi connectivity index (χ4n) is 3.37. The van der Waals surface area contributed by atoms with Gasteiger partial charge < -0.3 is 14.4 Å². The van der Waals surface area contributed by atoms with E-state index in [4.69, 9.17) is 21.1 Å². The van der Waals surface area contributed by atoms with Crippen LogP contribution in [0.1, 0.15) is 18.5 Å². The minimum Gasteiger partial charge on any atom is -0.495 e. The summed E-state index contributed by atoms with van der Waals surface area (Å²) in [5.74, 6) is 0.653. The number of hydrogen-bond acceptors (Lipinski definition) is 4. The molecule has 1 aliphatic rings. The Morgan fingerprint density at radius 1 is 0.962 bits per heavy atom. The maximum Gasteiger partial charge on any atom is 0.165 e. The van der Waals surface area contributed by atoms with Crippen molar-refractivity contribution in [2.24, 2.45) is 0 Å². The first-order valence-corrected chi connectivity index (χ1v) is 9.07. The fourth-order valence-corrected chi connectivity index (χ4v) is 3.56. The van der Waals surface area contributed by atoms with E-state index in [9.17, 15) is 4.39 Å². The maximum atomic E-state index is 14.0. The molecule has 1 unspecified atom stereocenters. The zero-order valence-corrected chi connectivity index (χ0v) is 16.1. The van der Waals surface area contributed by atoms with Crippen LogP contribution < -0.4 is 14.4 Å². The van der Waals surface area contributed by atoms with Crippen LogP contribution in [0.5, 0.6) is 11.5 Å². The highest BCUT2D eigenvalue weighted by molar-refractivity contribution is 6.32. The van der Waals surface area contributed by atoms with Gasteiger partial charge in [-0.25, -0.2) is 4.39 Å². The van der Waals surface area contributed by atoms with Gasteiger partial charge in [0.25, 0.3) is 0 Å².